The topological polar surface area (TPSA) is 58.5 Å². The molecule has 32 heavy (non-hydrogen) atoms. The summed E-state index contributed by atoms with van der Waals surface area (Å²) in [6.45, 7) is 8.47. The van der Waals surface area contributed by atoms with Crippen LogP contribution in [-0.2, 0) is 19.6 Å². The van der Waals surface area contributed by atoms with Gasteiger partial charge in [-0.3, -0.25) is 4.99 Å². The molecular formula is C26H31NO5. The fraction of sp³-hybridized carbons (Fsp3) is 0.423. The van der Waals surface area contributed by atoms with Crippen molar-refractivity contribution in [2.24, 2.45) is 4.99 Å². The van der Waals surface area contributed by atoms with Crippen LogP contribution in [0.4, 0.5) is 5.69 Å². The molecule has 2 aromatic rings. The van der Waals surface area contributed by atoms with Gasteiger partial charge in [-0.15, -0.1) is 0 Å². The van der Waals surface area contributed by atoms with Crippen molar-refractivity contribution in [1.82, 2.24) is 0 Å². The van der Waals surface area contributed by atoms with Crippen LogP contribution >= 0.6 is 0 Å². The molecule has 2 aromatic carbocycles. The first-order chi connectivity index (χ1) is 15.6. The van der Waals surface area contributed by atoms with Crippen LogP contribution in [-0.4, -0.2) is 58.6 Å². The minimum Gasteiger partial charge on any atom is -0.487 e. The van der Waals surface area contributed by atoms with E-state index in [2.05, 4.69) is 44.2 Å². The summed E-state index contributed by atoms with van der Waals surface area (Å²) in [4.78, 5) is 4.83. The van der Waals surface area contributed by atoms with Crippen molar-refractivity contribution in [3.63, 3.8) is 0 Å². The smallest absolute Gasteiger partial charge is 0.161 e. The zero-order valence-electron chi connectivity index (χ0n) is 18.8. The molecule has 170 valence electrons. The van der Waals surface area contributed by atoms with Crippen LogP contribution in [0.5, 0.6) is 11.5 Å². The molecule has 0 saturated heterocycles. The number of ether oxygens (including phenoxy) is 5. The van der Waals surface area contributed by atoms with E-state index in [9.17, 15) is 0 Å². The molecule has 0 amide bonds. The number of hydrogen-bond donors (Lipinski definition) is 0. The standard InChI is InChI=1S/C26H31NO5/c1-26(2)21-5-3-4-6-22(21)27-25(26)10-8-20-7-9-23-24(19-20)32-18-16-30-14-12-28-11-13-29-15-17-31-23/h3-10,19H,11-18H2,1-2H3/b10-8+. The number of para-hydroxylation sites is 1. The Balaban J connectivity index is 1.48. The lowest BCUT2D eigenvalue weighted by Crippen LogP contribution is -2.23. The van der Waals surface area contributed by atoms with Gasteiger partial charge in [0.2, 0.25) is 0 Å². The van der Waals surface area contributed by atoms with Crippen LogP contribution in [0.2, 0.25) is 0 Å². The van der Waals surface area contributed by atoms with Gasteiger partial charge in [-0.2, -0.15) is 0 Å². The van der Waals surface area contributed by atoms with E-state index in [1.54, 1.807) is 0 Å². The number of fused-ring (bicyclic) bond motifs is 2. The molecular weight excluding hydrogens is 406 g/mol. The average Bonchev–Trinajstić information content (AvgIpc) is 3.05. The van der Waals surface area contributed by atoms with Gasteiger partial charge in [0.05, 0.1) is 51.0 Å². The molecule has 0 unspecified atom stereocenters. The third-order valence-electron chi connectivity index (χ3n) is 5.57. The maximum Gasteiger partial charge on any atom is 0.161 e. The molecule has 0 N–H and O–H groups in total. The fourth-order valence-corrected chi connectivity index (χ4v) is 3.75. The van der Waals surface area contributed by atoms with Gasteiger partial charge in [-0.1, -0.05) is 44.2 Å². The number of nitrogens with zero attached hydrogens (tertiary/aromatic N) is 1. The Labute approximate surface area is 189 Å². The molecule has 0 atom stereocenters. The summed E-state index contributed by atoms with van der Waals surface area (Å²) in [6.07, 6.45) is 4.16. The summed E-state index contributed by atoms with van der Waals surface area (Å²) >= 11 is 0. The lowest BCUT2D eigenvalue weighted by molar-refractivity contribution is 0.00708. The van der Waals surface area contributed by atoms with Crippen LogP contribution in [0, 0.1) is 0 Å². The van der Waals surface area contributed by atoms with Crippen molar-refractivity contribution in [3.8, 4) is 11.5 Å². The first-order valence-corrected chi connectivity index (χ1v) is 11.1. The van der Waals surface area contributed by atoms with Crippen LogP contribution in [0.15, 0.2) is 53.5 Å². The van der Waals surface area contributed by atoms with Crippen molar-refractivity contribution < 1.29 is 23.7 Å². The summed E-state index contributed by atoms with van der Waals surface area (Å²) in [6, 6.07) is 14.3. The van der Waals surface area contributed by atoms with Gasteiger partial charge < -0.3 is 23.7 Å². The Hall–Kier alpha value is -2.67. The van der Waals surface area contributed by atoms with Crippen molar-refractivity contribution in [2.45, 2.75) is 19.3 Å². The van der Waals surface area contributed by atoms with Gasteiger partial charge in [-0.05, 0) is 35.4 Å². The van der Waals surface area contributed by atoms with Gasteiger partial charge in [0.15, 0.2) is 11.5 Å². The Morgan fingerprint density at radius 2 is 1.34 bits per heavy atom. The van der Waals surface area contributed by atoms with Gasteiger partial charge in [0.1, 0.15) is 13.2 Å². The van der Waals surface area contributed by atoms with E-state index in [4.69, 9.17) is 28.7 Å². The van der Waals surface area contributed by atoms with Gasteiger partial charge in [-0.25, -0.2) is 0 Å². The second kappa shape index (κ2) is 10.8. The summed E-state index contributed by atoms with van der Waals surface area (Å²) < 4.78 is 28.4. The number of rotatable bonds is 2. The zero-order chi connectivity index (χ0) is 22.2. The number of benzene rings is 2. The first kappa shape index (κ1) is 22.5. The Bertz CT molecular complexity index is 966. The molecule has 6 heteroatoms. The molecule has 4 rings (SSSR count). The van der Waals surface area contributed by atoms with Crippen LogP contribution in [0.3, 0.4) is 0 Å². The Morgan fingerprint density at radius 3 is 2.03 bits per heavy atom. The van der Waals surface area contributed by atoms with E-state index >= 15 is 0 Å². The average molecular weight is 438 g/mol. The van der Waals surface area contributed by atoms with Crippen LogP contribution in [0.1, 0.15) is 25.0 Å². The molecule has 0 aromatic heterocycles. The number of hydrogen-bond acceptors (Lipinski definition) is 6. The summed E-state index contributed by atoms with van der Waals surface area (Å²) in [5.41, 5.74) is 4.23. The molecule has 0 radical (unpaired) electrons. The quantitative estimate of drug-likeness (QED) is 0.688. The summed E-state index contributed by atoms with van der Waals surface area (Å²) in [5.74, 6) is 1.39. The predicted octanol–water partition coefficient (Wildman–Crippen LogP) is 4.58. The van der Waals surface area contributed by atoms with Gasteiger partial charge in [0, 0.05) is 5.41 Å². The maximum absolute atomic E-state index is 5.97. The number of aliphatic imine (C=N–C) groups is 1. The lowest BCUT2D eigenvalue weighted by atomic mass is 9.81. The highest BCUT2D eigenvalue weighted by atomic mass is 16.6. The molecule has 0 aliphatic carbocycles. The van der Waals surface area contributed by atoms with Crippen LogP contribution in [0.25, 0.3) is 6.08 Å². The summed E-state index contributed by atoms with van der Waals surface area (Å²) in [5, 5.41) is 0. The molecule has 0 spiro atoms. The molecule has 6 nitrogen and oxygen atoms in total. The van der Waals surface area contributed by atoms with Gasteiger partial charge >= 0.3 is 0 Å². The molecule has 0 fully saturated rings. The minimum absolute atomic E-state index is 0.125. The Kier molecular flexibility index (Phi) is 7.58. The highest BCUT2D eigenvalue weighted by Crippen LogP contribution is 2.40. The normalized spacial score (nSPS) is 19.6. The van der Waals surface area contributed by atoms with Crippen molar-refractivity contribution in [3.05, 3.63) is 59.7 Å². The van der Waals surface area contributed by atoms with Crippen LogP contribution < -0.4 is 9.47 Å². The van der Waals surface area contributed by atoms with Gasteiger partial charge in [0.25, 0.3) is 0 Å². The molecule has 2 aliphatic heterocycles. The Morgan fingerprint density at radius 1 is 0.719 bits per heavy atom. The second-order valence-electron chi connectivity index (χ2n) is 8.21. The highest BCUT2D eigenvalue weighted by molar-refractivity contribution is 6.10. The van der Waals surface area contributed by atoms with E-state index in [1.807, 2.05) is 24.3 Å². The van der Waals surface area contributed by atoms with Crippen molar-refractivity contribution in [1.29, 1.82) is 0 Å². The largest absolute Gasteiger partial charge is 0.487 e. The molecule has 0 bridgehead atoms. The molecule has 0 saturated carbocycles. The summed E-state index contributed by atoms with van der Waals surface area (Å²) in [7, 11) is 0. The SMILES string of the molecule is CC1(C)C(/C=C/c2ccc3c(c2)OCCOCCOCCOCCO3)=Nc2ccccc21. The fourth-order valence-electron chi connectivity index (χ4n) is 3.75. The van der Waals surface area contributed by atoms with E-state index in [-0.39, 0.29) is 5.41 Å². The third-order valence-corrected chi connectivity index (χ3v) is 5.57. The van der Waals surface area contributed by atoms with Crippen molar-refractivity contribution in [2.75, 3.05) is 52.9 Å². The maximum atomic E-state index is 5.97. The van der Waals surface area contributed by atoms with E-state index in [1.165, 1.54) is 5.56 Å². The third kappa shape index (κ3) is 5.57. The number of allylic oxidation sites excluding steroid dienone is 1. The van der Waals surface area contributed by atoms with Crippen molar-refractivity contribution >= 4 is 17.5 Å². The second-order valence-corrected chi connectivity index (χ2v) is 8.21. The molecule has 2 aliphatic rings. The lowest BCUT2D eigenvalue weighted by Gasteiger charge is -2.20. The zero-order valence-corrected chi connectivity index (χ0v) is 18.8. The monoisotopic (exact) mass is 437 g/mol. The van der Waals surface area contributed by atoms with E-state index < -0.39 is 0 Å². The predicted molar refractivity (Wildman–Crippen MR) is 125 cm³/mol. The minimum atomic E-state index is -0.125. The van der Waals surface area contributed by atoms with E-state index in [0.717, 1.165) is 17.0 Å². The first-order valence-electron chi connectivity index (χ1n) is 11.1. The molecule has 2 heterocycles. The van der Waals surface area contributed by atoms with E-state index in [0.29, 0.717) is 64.4 Å². The highest BCUT2D eigenvalue weighted by Gasteiger charge is 2.32.